The quantitative estimate of drug-likeness (QED) is 0.458. The highest BCUT2D eigenvalue weighted by molar-refractivity contribution is 5.78. The number of rotatable bonds is 8. The molecule has 116 valence electrons. The molecule has 7 heteroatoms. The van der Waals surface area contributed by atoms with E-state index in [-0.39, 0.29) is 18.0 Å². The maximum atomic E-state index is 11.8. The summed E-state index contributed by atoms with van der Waals surface area (Å²) in [7, 11) is 0. The summed E-state index contributed by atoms with van der Waals surface area (Å²) in [6, 6.07) is 6.04. The molecule has 0 bridgehead atoms. The predicted molar refractivity (Wildman–Crippen MR) is 81.3 cm³/mol. The molecule has 0 aliphatic heterocycles. The molecule has 0 atom stereocenters. The number of non-ortho nitro benzene ring substituents is 1. The van der Waals surface area contributed by atoms with Crippen LogP contribution >= 0.6 is 0 Å². The van der Waals surface area contributed by atoms with Gasteiger partial charge >= 0.3 is 0 Å². The molecule has 0 fully saturated rings. The van der Waals surface area contributed by atoms with Crippen molar-refractivity contribution in [2.45, 2.75) is 25.8 Å². The number of benzene rings is 1. The topological polar surface area (TPSA) is 90.1 Å². The first-order valence-corrected chi connectivity index (χ1v) is 7.11. The van der Waals surface area contributed by atoms with E-state index in [0.29, 0.717) is 6.54 Å². The van der Waals surface area contributed by atoms with Crippen LogP contribution in [0.4, 0.5) is 5.69 Å². The molecule has 0 saturated heterocycles. The van der Waals surface area contributed by atoms with Crippen molar-refractivity contribution in [1.82, 2.24) is 14.9 Å². The van der Waals surface area contributed by atoms with Gasteiger partial charge in [-0.2, -0.15) is 0 Å². The summed E-state index contributed by atoms with van der Waals surface area (Å²) in [6.45, 7) is 1.51. The van der Waals surface area contributed by atoms with E-state index in [2.05, 4.69) is 10.3 Å². The highest BCUT2D eigenvalue weighted by atomic mass is 16.6. The number of nitrogens with one attached hydrogen (secondary N) is 1. The van der Waals surface area contributed by atoms with Crippen molar-refractivity contribution in [2.75, 3.05) is 6.54 Å². The van der Waals surface area contributed by atoms with Gasteiger partial charge in [0.15, 0.2) is 0 Å². The van der Waals surface area contributed by atoms with Crippen LogP contribution < -0.4 is 5.32 Å². The molecule has 0 saturated carbocycles. The van der Waals surface area contributed by atoms with Crippen molar-refractivity contribution in [1.29, 1.82) is 0 Å². The maximum Gasteiger partial charge on any atom is 0.269 e. The zero-order chi connectivity index (χ0) is 15.8. The van der Waals surface area contributed by atoms with Gasteiger partial charge in [0.2, 0.25) is 5.91 Å². The van der Waals surface area contributed by atoms with Crippen molar-refractivity contribution >= 4 is 11.6 Å². The molecular formula is C15H18N4O3. The molecule has 0 aliphatic rings. The Balaban J connectivity index is 1.64. The molecule has 2 rings (SSSR count). The summed E-state index contributed by atoms with van der Waals surface area (Å²) in [6.07, 6.45) is 7.52. The van der Waals surface area contributed by atoms with Crippen LogP contribution in [0.3, 0.4) is 0 Å². The van der Waals surface area contributed by atoms with Crippen LogP contribution in [0, 0.1) is 10.1 Å². The van der Waals surface area contributed by atoms with Gasteiger partial charge in [-0.3, -0.25) is 14.9 Å². The lowest BCUT2D eigenvalue weighted by molar-refractivity contribution is -0.384. The summed E-state index contributed by atoms with van der Waals surface area (Å²) in [4.78, 5) is 25.8. The number of imidazole rings is 1. The Morgan fingerprint density at radius 3 is 2.68 bits per heavy atom. The molecule has 1 amide bonds. The van der Waals surface area contributed by atoms with E-state index < -0.39 is 4.92 Å². The fourth-order valence-electron chi connectivity index (χ4n) is 2.05. The van der Waals surface area contributed by atoms with Gasteiger partial charge in [-0.1, -0.05) is 12.1 Å². The number of unbranched alkanes of at least 4 members (excludes halogenated alkanes) is 1. The summed E-state index contributed by atoms with van der Waals surface area (Å²) < 4.78 is 2.00. The number of hydrogen-bond acceptors (Lipinski definition) is 4. The van der Waals surface area contributed by atoms with Crippen LogP contribution in [0.5, 0.6) is 0 Å². The molecule has 2 aromatic rings. The third-order valence-corrected chi connectivity index (χ3v) is 3.24. The smallest absolute Gasteiger partial charge is 0.269 e. The largest absolute Gasteiger partial charge is 0.356 e. The summed E-state index contributed by atoms with van der Waals surface area (Å²) in [5.41, 5.74) is 0.796. The molecule has 0 radical (unpaired) electrons. The summed E-state index contributed by atoms with van der Waals surface area (Å²) >= 11 is 0. The van der Waals surface area contributed by atoms with Crippen LogP contribution in [-0.4, -0.2) is 26.9 Å². The molecule has 0 unspecified atom stereocenters. The average molecular weight is 302 g/mol. The van der Waals surface area contributed by atoms with Crippen LogP contribution in [-0.2, 0) is 17.8 Å². The number of carbonyl (C=O) groups excluding carboxylic acids is 1. The van der Waals surface area contributed by atoms with Gasteiger partial charge in [0.25, 0.3) is 5.69 Å². The van der Waals surface area contributed by atoms with Crippen molar-refractivity contribution in [2.24, 2.45) is 0 Å². The van der Waals surface area contributed by atoms with Crippen molar-refractivity contribution < 1.29 is 9.72 Å². The Labute approximate surface area is 128 Å². The fourth-order valence-corrected chi connectivity index (χ4v) is 2.05. The SMILES string of the molecule is O=C(Cc1ccc([N+](=O)[O-])cc1)NCCCCn1ccnc1. The molecule has 7 nitrogen and oxygen atoms in total. The molecule has 1 N–H and O–H groups in total. The lowest BCUT2D eigenvalue weighted by Crippen LogP contribution is -2.26. The van der Waals surface area contributed by atoms with Gasteiger partial charge in [0.1, 0.15) is 0 Å². The van der Waals surface area contributed by atoms with E-state index in [1.807, 2.05) is 10.8 Å². The number of amides is 1. The van der Waals surface area contributed by atoms with Crippen LogP contribution in [0.2, 0.25) is 0 Å². The van der Waals surface area contributed by atoms with Crippen molar-refractivity contribution in [3.8, 4) is 0 Å². The second kappa shape index (κ2) is 7.92. The third kappa shape index (κ3) is 5.01. The normalized spacial score (nSPS) is 10.4. The van der Waals surface area contributed by atoms with E-state index in [1.165, 1.54) is 12.1 Å². The zero-order valence-electron chi connectivity index (χ0n) is 12.1. The first-order valence-electron chi connectivity index (χ1n) is 7.11. The summed E-state index contributed by atoms with van der Waals surface area (Å²) in [5.74, 6) is -0.0727. The molecular weight excluding hydrogens is 284 g/mol. The molecule has 1 heterocycles. The monoisotopic (exact) mass is 302 g/mol. The van der Waals surface area contributed by atoms with Crippen molar-refractivity contribution in [3.63, 3.8) is 0 Å². The van der Waals surface area contributed by atoms with E-state index in [1.54, 1.807) is 24.7 Å². The standard InChI is InChI=1S/C15H18N4O3/c20-15(11-13-3-5-14(6-4-13)19(21)22)17-7-1-2-9-18-10-8-16-12-18/h3-6,8,10,12H,1-2,7,9,11H2,(H,17,20). The maximum absolute atomic E-state index is 11.8. The van der Waals surface area contributed by atoms with Crippen molar-refractivity contribution in [3.05, 3.63) is 58.7 Å². The number of aromatic nitrogens is 2. The number of aryl methyl sites for hydroxylation is 1. The number of hydrogen-bond donors (Lipinski definition) is 1. The molecule has 0 spiro atoms. The highest BCUT2D eigenvalue weighted by Crippen LogP contribution is 2.12. The number of nitro benzene ring substituents is 1. The zero-order valence-corrected chi connectivity index (χ0v) is 12.1. The van der Waals surface area contributed by atoms with Crippen LogP contribution in [0.25, 0.3) is 0 Å². The first kappa shape index (κ1) is 15.7. The molecule has 1 aromatic heterocycles. The van der Waals surface area contributed by atoms with Gasteiger partial charge in [0.05, 0.1) is 17.7 Å². The molecule has 0 aliphatic carbocycles. The van der Waals surface area contributed by atoms with Gasteiger partial charge in [-0.05, 0) is 18.4 Å². The van der Waals surface area contributed by atoms with Gasteiger partial charge in [-0.15, -0.1) is 0 Å². The van der Waals surface area contributed by atoms with Gasteiger partial charge in [0, 0.05) is 37.6 Å². The molecule has 22 heavy (non-hydrogen) atoms. The minimum absolute atomic E-state index is 0.0312. The summed E-state index contributed by atoms with van der Waals surface area (Å²) in [5, 5.41) is 13.4. The van der Waals surface area contributed by atoms with Gasteiger partial charge < -0.3 is 9.88 Å². The first-order chi connectivity index (χ1) is 10.6. The van der Waals surface area contributed by atoms with E-state index in [9.17, 15) is 14.9 Å². The van der Waals surface area contributed by atoms with E-state index in [0.717, 1.165) is 24.9 Å². The minimum atomic E-state index is -0.454. The Kier molecular flexibility index (Phi) is 5.65. The Morgan fingerprint density at radius 2 is 2.05 bits per heavy atom. The van der Waals surface area contributed by atoms with Crippen LogP contribution in [0.15, 0.2) is 43.0 Å². The Bertz CT molecular complexity index is 608. The number of nitro groups is 1. The van der Waals surface area contributed by atoms with Gasteiger partial charge in [-0.25, -0.2) is 4.98 Å². The van der Waals surface area contributed by atoms with Crippen LogP contribution in [0.1, 0.15) is 18.4 Å². The Hall–Kier alpha value is -2.70. The number of nitrogens with zero attached hydrogens (tertiary/aromatic N) is 3. The molecule has 1 aromatic carbocycles. The predicted octanol–water partition coefficient (Wildman–Crippen LogP) is 1.93. The minimum Gasteiger partial charge on any atom is -0.356 e. The number of carbonyl (C=O) groups is 1. The third-order valence-electron chi connectivity index (χ3n) is 3.24. The lowest BCUT2D eigenvalue weighted by Gasteiger charge is -2.06. The van der Waals surface area contributed by atoms with E-state index in [4.69, 9.17) is 0 Å². The second-order valence-corrected chi connectivity index (χ2v) is 4.96. The Morgan fingerprint density at radius 1 is 1.27 bits per heavy atom. The average Bonchev–Trinajstić information content (AvgIpc) is 3.00. The highest BCUT2D eigenvalue weighted by Gasteiger charge is 2.06. The lowest BCUT2D eigenvalue weighted by atomic mass is 10.1. The van der Waals surface area contributed by atoms with E-state index >= 15 is 0 Å². The second-order valence-electron chi connectivity index (χ2n) is 4.96. The fraction of sp³-hybridized carbons (Fsp3) is 0.333.